The fraction of sp³-hybridized carbons (Fsp3) is 0.308. The van der Waals surface area contributed by atoms with Gasteiger partial charge in [0.25, 0.3) is 0 Å². The van der Waals surface area contributed by atoms with Crippen LogP contribution >= 0.6 is 11.6 Å². The lowest BCUT2D eigenvalue weighted by molar-refractivity contribution is -0.137. The van der Waals surface area contributed by atoms with Gasteiger partial charge in [0.05, 0.1) is 33.1 Å². The first-order valence-electron chi connectivity index (χ1n) is 11.3. The number of para-hydroxylation sites is 1. The van der Waals surface area contributed by atoms with E-state index in [0.29, 0.717) is 40.5 Å². The van der Waals surface area contributed by atoms with Gasteiger partial charge in [0, 0.05) is 35.8 Å². The topological polar surface area (TPSA) is 111 Å². The minimum atomic E-state index is -0.953. The Morgan fingerprint density at radius 2 is 1.78 bits per heavy atom. The Morgan fingerprint density at radius 3 is 2.47 bits per heavy atom. The molecule has 1 atom stereocenters. The number of amides is 1. The Labute approximate surface area is 213 Å². The van der Waals surface area contributed by atoms with Crippen molar-refractivity contribution < 1.29 is 28.9 Å². The second-order valence-corrected chi connectivity index (χ2v) is 8.58. The molecular formula is C26H26ClN3O6. The average Bonchev–Trinajstić information content (AvgIpc) is 3.32. The number of fused-ring (bicyclic) bond motifs is 1. The Balaban J connectivity index is 1.74. The molecule has 0 saturated heterocycles. The molecule has 0 unspecified atom stereocenters. The fourth-order valence-electron chi connectivity index (χ4n) is 4.24. The summed E-state index contributed by atoms with van der Waals surface area (Å²) >= 11 is 6.64. The molecular weight excluding hydrogens is 486 g/mol. The smallest absolute Gasteiger partial charge is 0.303 e. The standard InChI is InChI=1S/C26H26ClN3O6/c1-34-20-11-10-15(13-22(20)36-3)18-14-19(30(29-18)23(31)8-5-9-24(32)33)17-12-16-6-4-7-21(35-2)25(16)28-26(17)27/h4,6-7,10-13,19H,5,8-9,14H2,1-3H3,(H,32,33)/t19-/m1/s1. The lowest BCUT2D eigenvalue weighted by Crippen LogP contribution is -2.27. The van der Waals surface area contributed by atoms with E-state index in [9.17, 15) is 9.59 Å². The monoisotopic (exact) mass is 511 g/mol. The van der Waals surface area contributed by atoms with Gasteiger partial charge in [-0.15, -0.1) is 0 Å². The first-order valence-corrected chi connectivity index (χ1v) is 11.7. The van der Waals surface area contributed by atoms with Gasteiger partial charge < -0.3 is 19.3 Å². The Hall–Kier alpha value is -3.85. The van der Waals surface area contributed by atoms with E-state index in [-0.39, 0.29) is 30.3 Å². The maximum absolute atomic E-state index is 13.2. The summed E-state index contributed by atoms with van der Waals surface area (Å²) in [5.74, 6) is 0.465. The molecule has 1 aromatic heterocycles. The molecule has 1 N–H and O–H groups in total. The maximum Gasteiger partial charge on any atom is 0.303 e. The SMILES string of the molecule is COc1ccc(C2=NN(C(=O)CCCC(=O)O)[C@@H](c3cc4cccc(OC)c4nc3Cl)C2)cc1OC. The zero-order valence-electron chi connectivity index (χ0n) is 20.2. The number of hydrogen-bond acceptors (Lipinski definition) is 7. The van der Waals surface area contributed by atoms with Gasteiger partial charge in [0.15, 0.2) is 11.5 Å². The predicted molar refractivity (Wildman–Crippen MR) is 135 cm³/mol. The molecule has 0 bridgehead atoms. The molecule has 2 heterocycles. The number of benzene rings is 2. The summed E-state index contributed by atoms with van der Waals surface area (Å²) in [4.78, 5) is 28.7. The zero-order valence-corrected chi connectivity index (χ0v) is 20.9. The number of hydrazone groups is 1. The number of carbonyl (C=O) groups excluding carboxylic acids is 1. The normalized spacial score (nSPS) is 15.1. The number of pyridine rings is 1. The highest BCUT2D eigenvalue weighted by Crippen LogP contribution is 2.39. The summed E-state index contributed by atoms with van der Waals surface area (Å²) in [6, 6.07) is 12.4. The largest absolute Gasteiger partial charge is 0.494 e. The van der Waals surface area contributed by atoms with Crippen molar-refractivity contribution in [3.05, 3.63) is 58.7 Å². The van der Waals surface area contributed by atoms with E-state index in [1.165, 1.54) is 5.01 Å². The predicted octanol–water partition coefficient (Wildman–Crippen LogP) is 4.85. The Morgan fingerprint density at radius 1 is 1.03 bits per heavy atom. The number of rotatable bonds is 9. The second-order valence-electron chi connectivity index (χ2n) is 8.22. The van der Waals surface area contributed by atoms with E-state index in [1.54, 1.807) is 39.5 Å². The third kappa shape index (κ3) is 5.06. The van der Waals surface area contributed by atoms with Crippen LogP contribution in [0, 0.1) is 0 Å². The fourth-order valence-corrected chi connectivity index (χ4v) is 4.51. The third-order valence-corrected chi connectivity index (χ3v) is 6.33. The first-order chi connectivity index (χ1) is 17.4. The number of nitrogens with zero attached hydrogens (tertiary/aromatic N) is 3. The molecule has 0 fully saturated rings. The van der Waals surface area contributed by atoms with E-state index in [4.69, 9.17) is 30.9 Å². The highest BCUT2D eigenvalue weighted by atomic mass is 35.5. The van der Waals surface area contributed by atoms with Crippen LogP contribution in [0.1, 0.15) is 42.9 Å². The van der Waals surface area contributed by atoms with Crippen LogP contribution in [0.5, 0.6) is 17.2 Å². The molecule has 0 aliphatic carbocycles. The van der Waals surface area contributed by atoms with Gasteiger partial charge in [-0.3, -0.25) is 9.59 Å². The molecule has 1 aliphatic heterocycles. The van der Waals surface area contributed by atoms with Gasteiger partial charge in [-0.05, 0) is 36.8 Å². The van der Waals surface area contributed by atoms with E-state index in [0.717, 1.165) is 10.9 Å². The van der Waals surface area contributed by atoms with Crippen LogP contribution in [-0.4, -0.2) is 54.0 Å². The number of carboxylic acids is 1. The Kier molecular flexibility index (Phi) is 7.59. The van der Waals surface area contributed by atoms with Crippen molar-refractivity contribution >= 4 is 40.1 Å². The van der Waals surface area contributed by atoms with E-state index in [2.05, 4.69) is 10.1 Å². The van der Waals surface area contributed by atoms with Gasteiger partial charge in [-0.1, -0.05) is 23.7 Å². The van der Waals surface area contributed by atoms with Gasteiger partial charge in [0.1, 0.15) is 16.4 Å². The summed E-state index contributed by atoms with van der Waals surface area (Å²) in [6.45, 7) is 0. The molecule has 0 spiro atoms. The molecule has 1 aliphatic rings. The summed E-state index contributed by atoms with van der Waals surface area (Å²) < 4.78 is 16.2. The number of methoxy groups -OCH3 is 3. The van der Waals surface area contributed by atoms with Gasteiger partial charge in [-0.25, -0.2) is 9.99 Å². The number of aromatic nitrogens is 1. The van der Waals surface area contributed by atoms with Crippen LogP contribution in [0.15, 0.2) is 47.6 Å². The van der Waals surface area contributed by atoms with Crippen LogP contribution in [0.4, 0.5) is 0 Å². The quantitative estimate of drug-likeness (QED) is 0.409. The number of carboxylic acid groups (broad SMARTS) is 1. The molecule has 3 aromatic rings. The lowest BCUT2D eigenvalue weighted by Gasteiger charge is -2.23. The first kappa shape index (κ1) is 25.2. The van der Waals surface area contributed by atoms with Crippen LogP contribution in [0.25, 0.3) is 10.9 Å². The van der Waals surface area contributed by atoms with Crippen molar-refractivity contribution in [3.8, 4) is 17.2 Å². The van der Waals surface area contributed by atoms with Crippen LogP contribution in [0.3, 0.4) is 0 Å². The molecule has 4 rings (SSSR count). The number of hydrogen-bond donors (Lipinski definition) is 1. The van der Waals surface area contributed by atoms with Crippen LogP contribution in [-0.2, 0) is 9.59 Å². The van der Waals surface area contributed by atoms with Crippen LogP contribution < -0.4 is 14.2 Å². The van der Waals surface area contributed by atoms with E-state index >= 15 is 0 Å². The number of aliphatic carboxylic acids is 1. The van der Waals surface area contributed by atoms with Crippen molar-refractivity contribution in [1.82, 2.24) is 9.99 Å². The molecule has 1 amide bonds. The lowest BCUT2D eigenvalue weighted by atomic mass is 9.98. The second kappa shape index (κ2) is 10.8. The van der Waals surface area contributed by atoms with Crippen LogP contribution in [0.2, 0.25) is 5.15 Å². The van der Waals surface area contributed by atoms with E-state index < -0.39 is 12.0 Å². The number of ether oxygens (including phenoxy) is 3. The van der Waals surface area contributed by atoms with Gasteiger partial charge in [-0.2, -0.15) is 5.10 Å². The van der Waals surface area contributed by atoms with Crippen molar-refractivity contribution in [1.29, 1.82) is 0 Å². The van der Waals surface area contributed by atoms with Gasteiger partial charge >= 0.3 is 5.97 Å². The molecule has 10 heteroatoms. The van der Waals surface area contributed by atoms with Crippen molar-refractivity contribution in [2.75, 3.05) is 21.3 Å². The molecule has 188 valence electrons. The number of halogens is 1. The Bertz CT molecular complexity index is 1340. The van der Waals surface area contributed by atoms with Crippen molar-refractivity contribution in [2.24, 2.45) is 5.10 Å². The summed E-state index contributed by atoms with van der Waals surface area (Å²) in [6.07, 6.45) is 0.531. The minimum absolute atomic E-state index is 0.0396. The summed E-state index contributed by atoms with van der Waals surface area (Å²) in [7, 11) is 4.67. The molecule has 0 radical (unpaired) electrons. The number of carbonyl (C=O) groups is 2. The van der Waals surface area contributed by atoms with E-state index in [1.807, 2.05) is 24.3 Å². The zero-order chi connectivity index (χ0) is 25.8. The van der Waals surface area contributed by atoms with Crippen molar-refractivity contribution in [2.45, 2.75) is 31.7 Å². The third-order valence-electron chi connectivity index (χ3n) is 6.03. The highest BCUT2D eigenvalue weighted by molar-refractivity contribution is 6.30. The minimum Gasteiger partial charge on any atom is -0.494 e. The maximum atomic E-state index is 13.2. The molecule has 9 nitrogen and oxygen atoms in total. The molecule has 2 aromatic carbocycles. The summed E-state index contributed by atoms with van der Waals surface area (Å²) in [5.41, 5.74) is 2.69. The van der Waals surface area contributed by atoms with Crippen molar-refractivity contribution in [3.63, 3.8) is 0 Å². The molecule has 0 saturated carbocycles. The molecule has 36 heavy (non-hydrogen) atoms. The highest BCUT2D eigenvalue weighted by Gasteiger charge is 2.35. The van der Waals surface area contributed by atoms with Gasteiger partial charge in [0.2, 0.25) is 5.91 Å². The summed E-state index contributed by atoms with van der Waals surface area (Å²) in [5, 5.41) is 16.1. The average molecular weight is 512 g/mol.